The Morgan fingerprint density at radius 1 is 1.86 bits per heavy atom. The Hall–Kier alpha value is -0.280. The van der Waals surface area contributed by atoms with Crippen LogP contribution in [0.5, 0.6) is 0 Å². The van der Waals surface area contributed by atoms with Crippen LogP contribution >= 0.6 is 11.6 Å². The number of carbonyl (C=O) groups is 1. The van der Waals surface area contributed by atoms with Crippen LogP contribution in [0.25, 0.3) is 0 Å². The molecule has 4 heteroatoms. The third-order valence-electron chi connectivity index (χ3n) is 0.307. The van der Waals surface area contributed by atoms with Crippen molar-refractivity contribution in [3.8, 4) is 0 Å². The molecule has 0 aromatic carbocycles. The molecular weight excluding hydrogens is 119 g/mol. The minimum atomic E-state index is -0.881. The normalized spacial score (nSPS) is 8.29. The minimum Gasteiger partial charge on any atom is -0.451 e. The van der Waals surface area contributed by atoms with Gasteiger partial charge in [-0.25, -0.2) is 4.79 Å². The lowest BCUT2D eigenvalue weighted by molar-refractivity contribution is 0.140. The first kappa shape index (κ1) is 6.72. The Morgan fingerprint density at radius 2 is 2.43 bits per heavy atom. The summed E-state index contributed by atoms with van der Waals surface area (Å²) in [6, 6.07) is 0. The summed E-state index contributed by atoms with van der Waals surface area (Å²) in [4.78, 5) is 9.63. The molecule has 7 heavy (non-hydrogen) atoms. The van der Waals surface area contributed by atoms with E-state index in [1.807, 2.05) is 0 Å². The third kappa shape index (κ3) is 5.72. The maximum atomic E-state index is 9.63. The van der Waals surface area contributed by atoms with Gasteiger partial charge in [0.25, 0.3) is 0 Å². The molecule has 0 aliphatic rings. The molecule has 0 aliphatic carbocycles. The smallest absolute Gasteiger partial charge is 0.403 e. The SMILES string of the molecule is O=C(Cl)OCCO. The largest absolute Gasteiger partial charge is 0.451 e. The van der Waals surface area contributed by atoms with E-state index in [0.717, 1.165) is 0 Å². The fraction of sp³-hybridized carbons (Fsp3) is 0.667. The predicted molar refractivity (Wildman–Crippen MR) is 24.3 cm³/mol. The monoisotopic (exact) mass is 124 g/mol. The molecule has 0 bridgehead atoms. The van der Waals surface area contributed by atoms with Crippen LogP contribution in [0.2, 0.25) is 0 Å². The highest BCUT2D eigenvalue weighted by atomic mass is 35.5. The van der Waals surface area contributed by atoms with E-state index in [9.17, 15) is 4.79 Å². The van der Waals surface area contributed by atoms with E-state index in [-0.39, 0.29) is 13.2 Å². The van der Waals surface area contributed by atoms with E-state index < -0.39 is 5.43 Å². The topological polar surface area (TPSA) is 46.5 Å². The zero-order valence-corrected chi connectivity index (χ0v) is 4.31. The zero-order chi connectivity index (χ0) is 5.70. The average molecular weight is 125 g/mol. The van der Waals surface area contributed by atoms with Crippen molar-refractivity contribution in [2.45, 2.75) is 0 Å². The molecule has 0 aromatic heterocycles. The van der Waals surface area contributed by atoms with Crippen LogP contribution in [0.4, 0.5) is 4.79 Å². The number of aliphatic hydroxyl groups is 1. The fourth-order valence-electron chi connectivity index (χ4n) is 0.126. The quantitative estimate of drug-likeness (QED) is 0.541. The standard InChI is InChI=1S/C3H5ClO3/c4-3(6)7-2-1-5/h5H,1-2H2. The summed E-state index contributed by atoms with van der Waals surface area (Å²) in [5.41, 5.74) is -0.881. The van der Waals surface area contributed by atoms with Gasteiger partial charge in [-0.3, -0.25) is 0 Å². The van der Waals surface area contributed by atoms with Crippen molar-refractivity contribution in [2.75, 3.05) is 13.2 Å². The van der Waals surface area contributed by atoms with E-state index in [1.165, 1.54) is 0 Å². The van der Waals surface area contributed by atoms with Crippen LogP contribution in [0.15, 0.2) is 0 Å². The van der Waals surface area contributed by atoms with Crippen LogP contribution in [0.1, 0.15) is 0 Å². The van der Waals surface area contributed by atoms with Gasteiger partial charge in [0.05, 0.1) is 6.61 Å². The molecule has 0 fully saturated rings. The molecule has 0 radical (unpaired) electrons. The highest BCUT2D eigenvalue weighted by Gasteiger charge is 1.89. The van der Waals surface area contributed by atoms with E-state index in [4.69, 9.17) is 5.11 Å². The number of aliphatic hydroxyl groups excluding tert-OH is 1. The van der Waals surface area contributed by atoms with Crippen molar-refractivity contribution in [1.29, 1.82) is 0 Å². The molecule has 0 saturated heterocycles. The summed E-state index contributed by atoms with van der Waals surface area (Å²) in [6.45, 7) is -0.208. The first-order valence-electron chi connectivity index (χ1n) is 1.70. The van der Waals surface area contributed by atoms with E-state index >= 15 is 0 Å². The van der Waals surface area contributed by atoms with Crippen LogP contribution in [-0.2, 0) is 4.74 Å². The minimum absolute atomic E-state index is 0.0255. The summed E-state index contributed by atoms with van der Waals surface area (Å²) in [5.74, 6) is 0. The number of hydrogen-bond acceptors (Lipinski definition) is 3. The molecule has 0 heterocycles. The summed E-state index contributed by atoms with van der Waals surface area (Å²) in [6.07, 6.45) is 0. The van der Waals surface area contributed by atoms with Gasteiger partial charge in [-0.15, -0.1) is 0 Å². The van der Waals surface area contributed by atoms with Gasteiger partial charge in [0.1, 0.15) is 6.61 Å². The zero-order valence-electron chi connectivity index (χ0n) is 3.56. The molecule has 1 N–H and O–H groups in total. The Morgan fingerprint density at radius 3 is 2.57 bits per heavy atom. The van der Waals surface area contributed by atoms with Crippen molar-refractivity contribution in [3.63, 3.8) is 0 Å². The number of carbonyl (C=O) groups excluding carboxylic acids is 1. The molecule has 0 spiro atoms. The molecule has 0 aromatic rings. The number of rotatable bonds is 2. The van der Waals surface area contributed by atoms with Crippen molar-refractivity contribution in [1.82, 2.24) is 0 Å². The molecule has 0 saturated carbocycles. The van der Waals surface area contributed by atoms with Gasteiger partial charge in [0.15, 0.2) is 0 Å². The van der Waals surface area contributed by atoms with Crippen LogP contribution in [-0.4, -0.2) is 23.7 Å². The first-order valence-corrected chi connectivity index (χ1v) is 2.08. The van der Waals surface area contributed by atoms with Gasteiger partial charge in [-0.05, 0) is 0 Å². The molecule has 42 valence electrons. The fourth-order valence-corrected chi connectivity index (χ4v) is 0.203. The van der Waals surface area contributed by atoms with Gasteiger partial charge in [0.2, 0.25) is 0 Å². The number of hydrogen-bond donors (Lipinski definition) is 1. The van der Waals surface area contributed by atoms with Crippen molar-refractivity contribution in [2.24, 2.45) is 0 Å². The highest BCUT2D eigenvalue weighted by Crippen LogP contribution is 1.83. The maximum Gasteiger partial charge on any atom is 0.403 e. The molecule has 0 amide bonds. The van der Waals surface area contributed by atoms with Crippen LogP contribution in [0.3, 0.4) is 0 Å². The van der Waals surface area contributed by atoms with Crippen molar-refractivity contribution < 1.29 is 14.6 Å². The molecule has 0 atom stereocenters. The maximum absolute atomic E-state index is 9.63. The predicted octanol–water partition coefficient (Wildman–Crippen LogP) is 0.354. The molecule has 3 nitrogen and oxygen atoms in total. The summed E-state index contributed by atoms with van der Waals surface area (Å²) in [5, 5.41) is 7.98. The van der Waals surface area contributed by atoms with Gasteiger partial charge in [0, 0.05) is 11.6 Å². The van der Waals surface area contributed by atoms with Gasteiger partial charge in [-0.2, -0.15) is 0 Å². The molecule has 0 unspecified atom stereocenters. The van der Waals surface area contributed by atoms with E-state index in [2.05, 4.69) is 16.3 Å². The summed E-state index contributed by atoms with van der Waals surface area (Å²) >= 11 is 4.68. The third-order valence-corrected chi connectivity index (χ3v) is 0.416. The lowest BCUT2D eigenvalue weighted by Gasteiger charge is -1.91. The Bertz CT molecular complexity index is 63.2. The first-order chi connectivity index (χ1) is 3.27. The van der Waals surface area contributed by atoms with Gasteiger partial charge < -0.3 is 9.84 Å². The van der Waals surface area contributed by atoms with Crippen LogP contribution in [0, 0.1) is 0 Å². The molecular formula is C3H5ClO3. The van der Waals surface area contributed by atoms with Gasteiger partial charge >= 0.3 is 5.43 Å². The van der Waals surface area contributed by atoms with Crippen molar-refractivity contribution in [3.05, 3.63) is 0 Å². The van der Waals surface area contributed by atoms with E-state index in [1.54, 1.807) is 0 Å². The Kier molecular flexibility index (Phi) is 3.74. The molecule has 0 aliphatic heterocycles. The second-order valence-electron chi connectivity index (χ2n) is 0.810. The van der Waals surface area contributed by atoms with E-state index in [0.29, 0.717) is 0 Å². The Labute approximate surface area is 45.8 Å². The lowest BCUT2D eigenvalue weighted by Crippen LogP contribution is -1.99. The average Bonchev–Trinajstić information content (AvgIpc) is 1.61. The number of ether oxygens (including phenoxy) is 1. The highest BCUT2D eigenvalue weighted by molar-refractivity contribution is 6.61. The summed E-state index contributed by atoms with van der Waals surface area (Å²) < 4.78 is 4.07. The molecule has 0 rings (SSSR count). The number of halogens is 1. The van der Waals surface area contributed by atoms with Crippen LogP contribution < -0.4 is 0 Å². The Balaban J connectivity index is 2.82. The summed E-state index contributed by atoms with van der Waals surface area (Å²) in [7, 11) is 0. The second-order valence-corrected chi connectivity index (χ2v) is 1.12. The van der Waals surface area contributed by atoms with Crippen molar-refractivity contribution >= 4 is 17.0 Å². The second kappa shape index (κ2) is 3.89. The van der Waals surface area contributed by atoms with Gasteiger partial charge in [-0.1, -0.05) is 0 Å². The lowest BCUT2D eigenvalue weighted by atomic mass is 10.8.